The van der Waals surface area contributed by atoms with E-state index in [-0.39, 0.29) is 5.60 Å². The maximum absolute atomic E-state index is 6.11. The fourth-order valence-electron chi connectivity index (χ4n) is 3.82. The lowest BCUT2D eigenvalue weighted by Crippen LogP contribution is -2.64. The van der Waals surface area contributed by atoms with Crippen LogP contribution < -0.4 is 4.74 Å². The van der Waals surface area contributed by atoms with E-state index < -0.39 is 0 Å². The highest BCUT2D eigenvalue weighted by atomic mass is 16.5. The molecule has 0 aliphatic carbocycles. The van der Waals surface area contributed by atoms with Crippen LogP contribution in [0.3, 0.4) is 0 Å². The molecular weight excluding hydrogens is 306 g/mol. The Morgan fingerprint density at radius 3 is 3.04 bits per heavy atom. The van der Waals surface area contributed by atoms with Gasteiger partial charge in [0, 0.05) is 44.6 Å². The normalized spacial score (nSPS) is 22.6. The van der Waals surface area contributed by atoms with Crippen LogP contribution in [0, 0.1) is 12.8 Å². The molecule has 1 spiro atoms. The molecule has 2 aliphatic heterocycles. The summed E-state index contributed by atoms with van der Waals surface area (Å²) in [5.41, 5.74) is 1.00. The van der Waals surface area contributed by atoms with Crippen molar-refractivity contribution in [2.45, 2.75) is 31.9 Å². The predicted molar refractivity (Wildman–Crippen MR) is 87.7 cm³/mol. The van der Waals surface area contributed by atoms with Gasteiger partial charge in [-0.3, -0.25) is 4.90 Å². The standard InChI is InChI=1S/C18H23N3O3/c1-14-10-16(20-24-14)11-21-12-18(13-21)15(6-9-23-18)5-8-22-17-4-2-3-7-19-17/h2-4,7,10,15H,5-6,8-9,11-13H2,1H3/t15-/m0/s1. The van der Waals surface area contributed by atoms with E-state index in [1.807, 2.05) is 31.2 Å². The molecule has 0 unspecified atom stereocenters. The number of likely N-dealkylation sites (tertiary alicyclic amines) is 1. The van der Waals surface area contributed by atoms with E-state index in [1.54, 1.807) is 6.20 Å². The second-order valence-electron chi connectivity index (χ2n) is 6.78. The highest BCUT2D eigenvalue weighted by Gasteiger charge is 2.52. The molecule has 1 atom stereocenters. The fourth-order valence-corrected chi connectivity index (χ4v) is 3.82. The van der Waals surface area contributed by atoms with Gasteiger partial charge < -0.3 is 14.0 Å². The first-order valence-corrected chi connectivity index (χ1v) is 8.56. The molecule has 6 nitrogen and oxygen atoms in total. The molecule has 2 fully saturated rings. The van der Waals surface area contributed by atoms with Gasteiger partial charge in [-0.15, -0.1) is 0 Å². The Bertz CT molecular complexity index is 667. The van der Waals surface area contributed by atoms with Crippen LogP contribution in [0.25, 0.3) is 0 Å². The van der Waals surface area contributed by atoms with Crippen molar-refractivity contribution in [1.29, 1.82) is 0 Å². The van der Waals surface area contributed by atoms with Gasteiger partial charge in [0.05, 0.1) is 17.9 Å². The van der Waals surface area contributed by atoms with Gasteiger partial charge >= 0.3 is 0 Å². The van der Waals surface area contributed by atoms with Crippen molar-refractivity contribution in [2.24, 2.45) is 5.92 Å². The minimum atomic E-state index is 0.00621. The van der Waals surface area contributed by atoms with Gasteiger partial charge in [-0.25, -0.2) is 4.98 Å². The molecule has 0 saturated carbocycles. The van der Waals surface area contributed by atoms with Crippen LogP contribution >= 0.6 is 0 Å². The van der Waals surface area contributed by atoms with E-state index in [9.17, 15) is 0 Å². The molecule has 2 aromatic heterocycles. The number of ether oxygens (including phenoxy) is 2. The highest BCUT2D eigenvalue weighted by Crippen LogP contribution is 2.42. The number of hydrogen-bond donors (Lipinski definition) is 0. The second kappa shape index (κ2) is 6.53. The van der Waals surface area contributed by atoms with Crippen molar-refractivity contribution in [3.8, 4) is 5.88 Å². The molecule has 2 saturated heterocycles. The third kappa shape index (κ3) is 3.16. The van der Waals surface area contributed by atoms with Crippen LogP contribution in [0.2, 0.25) is 0 Å². The summed E-state index contributed by atoms with van der Waals surface area (Å²) in [7, 11) is 0. The summed E-state index contributed by atoms with van der Waals surface area (Å²) in [5.74, 6) is 2.11. The zero-order valence-electron chi connectivity index (χ0n) is 14.0. The Labute approximate surface area is 141 Å². The number of rotatable bonds is 6. The number of pyridine rings is 1. The van der Waals surface area contributed by atoms with Crippen molar-refractivity contribution in [3.63, 3.8) is 0 Å². The minimum Gasteiger partial charge on any atom is -0.478 e. The van der Waals surface area contributed by atoms with Crippen molar-refractivity contribution in [3.05, 3.63) is 41.9 Å². The van der Waals surface area contributed by atoms with E-state index in [2.05, 4.69) is 15.0 Å². The molecule has 24 heavy (non-hydrogen) atoms. The molecule has 0 N–H and O–H groups in total. The molecule has 0 amide bonds. The molecule has 128 valence electrons. The Kier molecular flexibility index (Phi) is 4.24. The van der Waals surface area contributed by atoms with Gasteiger partial charge in [-0.05, 0) is 31.7 Å². The topological polar surface area (TPSA) is 60.6 Å². The molecule has 0 radical (unpaired) electrons. The van der Waals surface area contributed by atoms with Crippen LogP contribution in [0.5, 0.6) is 5.88 Å². The van der Waals surface area contributed by atoms with Gasteiger partial charge in [-0.2, -0.15) is 0 Å². The lowest BCUT2D eigenvalue weighted by atomic mass is 9.79. The van der Waals surface area contributed by atoms with Crippen molar-refractivity contribution in [2.75, 3.05) is 26.3 Å². The second-order valence-corrected chi connectivity index (χ2v) is 6.78. The largest absolute Gasteiger partial charge is 0.478 e. The molecule has 0 bridgehead atoms. The SMILES string of the molecule is Cc1cc(CN2CC3(C2)OCC[C@@H]3CCOc2ccccn2)no1. The van der Waals surface area contributed by atoms with E-state index >= 15 is 0 Å². The first-order chi connectivity index (χ1) is 11.7. The van der Waals surface area contributed by atoms with Gasteiger partial charge in [0.2, 0.25) is 5.88 Å². The van der Waals surface area contributed by atoms with Crippen molar-refractivity contribution >= 4 is 0 Å². The summed E-state index contributed by atoms with van der Waals surface area (Å²) >= 11 is 0. The zero-order valence-corrected chi connectivity index (χ0v) is 14.0. The predicted octanol–water partition coefficient (Wildman–Crippen LogP) is 2.44. The molecular formula is C18H23N3O3. The number of aryl methyl sites for hydroxylation is 1. The first kappa shape index (κ1) is 15.6. The van der Waals surface area contributed by atoms with Gasteiger partial charge in [0.1, 0.15) is 5.76 Å². The van der Waals surface area contributed by atoms with Crippen LogP contribution in [0.4, 0.5) is 0 Å². The monoisotopic (exact) mass is 329 g/mol. The fraction of sp³-hybridized carbons (Fsp3) is 0.556. The quantitative estimate of drug-likeness (QED) is 0.811. The van der Waals surface area contributed by atoms with E-state index in [0.717, 1.165) is 50.5 Å². The van der Waals surface area contributed by atoms with Crippen LogP contribution in [0.1, 0.15) is 24.3 Å². The summed E-state index contributed by atoms with van der Waals surface area (Å²) in [4.78, 5) is 6.57. The lowest BCUT2D eigenvalue weighted by Gasteiger charge is -2.50. The number of hydrogen-bond acceptors (Lipinski definition) is 6. The third-order valence-corrected chi connectivity index (χ3v) is 5.00. The molecule has 2 aliphatic rings. The first-order valence-electron chi connectivity index (χ1n) is 8.56. The Balaban J connectivity index is 1.26. The van der Waals surface area contributed by atoms with Crippen LogP contribution in [-0.2, 0) is 11.3 Å². The van der Waals surface area contributed by atoms with Gasteiger partial charge in [0.25, 0.3) is 0 Å². The van der Waals surface area contributed by atoms with E-state index in [4.69, 9.17) is 14.0 Å². The number of nitrogens with zero attached hydrogens (tertiary/aromatic N) is 3. The van der Waals surface area contributed by atoms with E-state index in [1.165, 1.54) is 0 Å². The summed E-state index contributed by atoms with van der Waals surface area (Å²) < 4.78 is 17.0. The zero-order chi connectivity index (χ0) is 16.4. The van der Waals surface area contributed by atoms with Crippen molar-refractivity contribution in [1.82, 2.24) is 15.0 Å². The summed E-state index contributed by atoms with van der Waals surface area (Å²) in [6.07, 6.45) is 3.88. The molecule has 4 rings (SSSR count). The summed E-state index contributed by atoms with van der Waals surface area (Å²) in [6.45, 7) is 6.23. The average Bonchev–Trinajstić information content (AvgIpc) is 3.15. The minimum absolute atomic E-state index is 0.00621. The maximum atomic E-state index is 6.11. The lowest BCUT2D eigenvalue weighted by molar-refractivity contribution is -0.138. The average molecular weight is 329 g/mol. The maximum Gasteiger partial charge on any atom is 0.213 e. The van der Waals surface area contributed by atoms with Crippen molar-refractivity contribution < 1.29 is 14.0 Å². The Morgan fingerprint density at radius 2 is 2.29 bits per heavy atom. The summed E-state index contributed by atoms with van der Waals surface area (Å²) in [6, 6.07) is 7.73. The number of aromatic nitrogens is 2. The highest BCUT2D eigenvalue weighted by molar-refractivity contribution is 5.10. The van der Waals surface area contributed by atoms with E-state index in [0.29, 0.717) is 18.4 Å². The van der Waals surface area contributed by atoms with Crippen LogP contribution in [0.15, 0.2) is 35.0 Å². The van der Waals surface area contributed by atoms with Crippen LogP contribution in [-0.4, -0.2) is 46.9 Å². The molecule has 0 aromatic carbocycles. The molecule has 2 aromatic rings. The Hall–Kier alpha value is -1.92. The molecule has 4 heterocycles. The smallest absolute Gasteiger partial charge is 0.213 e. The Morgan fingerprint density at radius 1 is 1.38 bits per heavy atom. The molecule has 6 heteroatoms. The van der Waals surface area contributed by atoms with Gasteiger partial charge in [-0.1, -0.05) is 11.2 Å². The summed E-state index contributed by atoms with van der Waals surface area (Å²) in [5, 5.41) is 4.07. The third-order valence-electron chi connectivity index (χ3n) is 5.00. The van der Waals surface area contributed by atoms with Gasteiger partial charge in [0.15, 0.2) is 0 Å².